The molecule has 0 aliphatic heterocycles. The SMILES string of the molecule is C=CCNC(=O)c1cc2c([nH]c3ccccc32)c(-c2ccc(OC)cc2OC)n1. The zero-order valence-electron chi connectivity index (χ0n) is 16.3. The standard InChI is InChI=1S/C23H21N3O3/c1-4-11-24-23(27)19-13-17-15-7-5-6-8-18(15)25-22(17)21(26-19)16-10-9-14(28-2)12-20(16)29-3/h4-10,12-13,25H,1,11H2,2-3H3,(H,24,27). The number of hydrogen-bond acceptors (Lipinski definition) is 4. The number of benzene rings is 2. The molecule has 6 nitrogen and oxygen atoms in total. The first kappa shape index (κ1) is 18.6. The second-order valence-corrected chi connectivity index (χ2v) is 6.51. The van der Waals surface area contributed by atoms with Gasteiger partial charge in [-0.3, -0.25) is 4.79 Å². The average Bonchev–Trinajstić information content (AvgIpc) is 3.15. The van der Waals surface area contributed by atoms with Gasteiger partial charge < -0.3 is 19.8 Å². The Morgan fingerprint density at radius 3 is 2.72 bits per heavy atom. The molecule has 2 aromatic carbocycles. The third-order valence-corrected chi connectivity index (χ3v) is 4.80. The van der Waals surface area contributed by atoms with Crippen molar-refractivity contribution in [3.05, 3.63) is 66.9 Å². The Hall–Kier alpha value is -3.80. The third kappa shape index (κ3) is 3.29. The van der Waals surface area contributed by atoms with E-state index in [1.165, 1.54) is 0 Å². The Bertz CT molecular complexity index is 1230. The molecule has 0 aliphatic rings. The van der Waals surface area contributed by atoms with Crippen LogP contribution in [0.3, 0.4) is 0 Å². The number of ether oxygens (including phenoxy) is 2. The number of para-hydroxylation sites is 1. The largest absolute Gasteiger partial charge is 0.497 e. The zero-order chi connectivity index (χ0) is 20.4. The number of aromatic nitrogens is 2. The van der Waals surface area contributed by atoms with E-state index in [-0.39, 0.29) is 5.91 Å². The van der Waals surface area contributed by atoms with Crippen LogP contribution >= 0.6 is 0 Å². The van der Waals surface area contributed by atoms with Crippen LogP contribution in [0, 0.1) is 0 Å². The summed E-state index contributed by atoms with van der Waals surface area (Å²) in [6.07, 6.45) is 1.63. The molecule has 2 heterocycles. The van der Waals surface area contributed by atoms with Gasteiger partial charge in [0.05, 0.1) is 25.4 Å². The minimum atomic E-state index is -0.259. The van der Waals surface area contributed by atoms with Crippen LogP contribution in [0.15, 0.2) is 61.2 Å². The average molecular weight is 387 g/mol. The predicted molar refractivity (Wildman–Crippen MR) is 115 cm³/mol. The third-order valence-electron chi connectivity index (χ3n) is 4.80. The maximum Gasteiger partial charge on any atom is 0.270 e. The number of hydrogen-bond donors (Lipinski definition) is 2. The van der Waals surface area contributed by atoms with E-state index in [2.05, 4.69) is 21.9 Å². The smallest absolute Gasteiger partial charge is 0.270 e. The first-order chi connectivity index (χ1) is 14.2. The number of carbonyl (C=O) groups excluding carboxylic acids is 1. The number of nitrogens with zero attached hydrogens (tertiary/aromatic N) is 1. The van der Waals surface area contributed by atoms with Gasteiger partial charge in [0, 0.05) is 34.5 Å². The van der Waals surface area contributed by atoms with E-state index in [9.17, 15) is 4.79 Å². The molecule has 4 aromatic rings. The predicted octanol–water partition coefficient (Wildman–Crippen LogP) is 4.32. The number of methoxy groups -OCH3 is 2. The monoisotopic (exact) mass is 387 g/mol. The van der Waals surface area contributed by atoms with E-state index in [4.69, 9.17) is 9.47 Å². The molecule has 2 aromatic heterocycles. The van der Waals surface area contributed by atoms with Crippen molar-refractivity contribution < 1.29 is 14.3 Å². The van der Waals surface area contributed by atoms with Gasteiger partial charge in [-0.1, -0.05) is 24.3 Å². The molecule has 4 rings (SSSR count). The van der Waals surface area contributed by atoms with Gasteiger partial charge in [-0.2, -0.15) is 0 Å². The van der Waals surface area contributed by atoms with Crippen LogP contribution < -0.4 is 14.8 Å². The van der Waals surface area contributed by atoms with Crippen molar-refractivity contribution in [2.24, 2.45) is 0 Å². The van der Waals surface area contributed by atoms with Gasteiger partial charge in [-0.15, -0.1) is 6.58 Å². The fraction of sp³-hybridized carbons (Fsp3) is 0.130. The van der Waals surface area contributed by atoms with Crippen LogP contribution in [0.2, 0.25) is 0 Å². The van der Waals surface area contributed by atoms with Crippen LogP contribution in [0.5, 0.6) is 11.5 Å². The Morgan fingerprint density at radius 2 is 1.97 bits per heavy atom. The maximum atomic E-state index is 12.7. The first-order valence-electron chi connectivity index (χ1n) is 9.19. The number of rotatable bonds is 6. The summed E-state index contributed by atoms with van der Waals surface area (Å²) in [5.41, 5.74) is 3.55. The van der Waals surface area contributed by atoms with Crippen LogP contribution in [0.25, 0.3) is 33.1 Å². The van der Waals surface area contributed by atoms with E-state index in [0.717, 1.165) is 27.4 Å². The van der Waals surface area contributed by atoms with E-state index in [1.807, 2.05) is 42.5 Å². The lowest BCUT2D eigenvalue weighted by molar-refractivity contribution is 0.0953. The molecule has 0 radical (unpaired) electrons. The highest BCUT2D eigenvalue weighted by molar-refractivity contribution is 6.13. The minimum absolute atomic E-state index is 0.259. The zero-order valence-corrected chi connectivity index (χ0v) is 16.3. The molecule has 0 saturated heterocycles. The summed E-state index contributed by atoms with van der Waals surface area (Å²) in [5, 5.41) is 4.75. The van der Waals surface area contributed by atoms with Gasteiger partial charge in [0.2, 0.25) is 0 Å². The lowest BCUT2D eigenvalue weighted by Gasteiger charge is -2.12. The molecule has 0 unspecified atom stereocenters. The van der Waals surface area contributed by atoms with Gasteiger partial charge in [0.15, 0.2) is 0 Å². The normalized spacial score (nSPS) is 10.8. The van der Waals surface area contributed by atoms with E-state index in [0.29, 0.717) is 29.4 Å². The molecule has 0 fully saturated rings. The molecular formula is C23H21N3O3. The molecule has 2 N–H and O–H groups in total. The summed E-state index contributed by atoms with van der Waals surface area (Å²) in [6.45, 7) is 4.01. The Balaban J connectivity index is 2.01. The van der Waals surface area contributed by atoms with Crippen LogP contribution in [0.1, 0.15) is 10.5 Å². The van der Waals surface area contributed by atoms with Gasteiger partial charge in [-0.25, -0.2) is 4.98 Å². The number of aromatic amines is 1. The van der Waals surface area contributed by atoms with Crippen molar-refractivity contribution in [1.82, 2.24) is 15.3 Å². The van der Waals surface area contributed by atoms with Crippen molar-refractivity contribution in [2.45, 2.75) is 0 Å². The molecule has 29 heavy (non-hydrogen) atoms. The lowest BCUT2D eigenvalue weighted by atomic mass is 10.0. The Kier molecular flexibility index (Phi) is 4.91. The summed E-state index contributed by atoms with van der Waals surface area (Å²) < 4.78 is 10.9. The number of pyridine rings is 1. The van der Waals surface area contributed by atoms with Gasteiger partial charge in [0.25, 0.3) is 5.91 Å². The Labute approximate surface area is 168 Å². The van der Waals surface area contributed by atoms with E-state index in [1.54, 1.807) is 26.4 Å². The number of fused-ring (bicyclic) bond motifs is 3. The molecule has 1 amide bonds. The molecule has 0 aliphatic carbocycles. The van der Waals surface area contributed by atoms with Crippen molar-refractivity contribution >= 4 is 27.7 Å². The van der Waals surface area contributed by atoms with Crippen LogP contribution in [0.4, 0.5) is 0 Å². The number of H-pyrrole nitrogens is 1. The van der Waals surface area contributed by atoms with Gasteiger partial charge in [0.1, 0.15) is 17.2 Å². The molecule has 0 atom stereocenters. The summed E-state index contributed by atoms with van der Waals surface area (Å²) in [6, 6.07) is 15.3. The second kappa shape index (κ2) is 7.67. The summed E-state index contributed by atoms with van der Waals surface area (Å²) in [5.74, 6) is 1.03. The number of amides is 1. The molecule has 6 heteroatoms. The lowest BCUT2D eigenvalue weighted by Crippen LogP contribution is -2.24. The second-order valence-electron chi connectivity index (χ2n) is 6.51. The fourth-order valence-electron chi connectivity index (χ4n) is 3.41. The topological polar surface area (TPSA) is 76.2 Å². The van der Waals surface area contributed by atoms with Crippen LogP contribution in [-0.2, 0) is 0 Å². The highest BCUT2D eigenvalue weighted by Gasteiger charge is 2.19. The van der Waals surface area contributed by atoms with E-state index < -0.39 is 0 Å². The maximum absolute atomic E-state index is 12.7. The molecule has 0 saturated carbocycles. The minimum Gasteiger partial charge on any atom is -0.497 e. The van der Waals surface area contributed by atoms with Gasteiger partial charge in [-0.05, 0) is 24.3 Å². The summed E-state index contributed by atoms with van der Waals surface area (Å²) in [7, 11) is 3.20. The van der Waals surface area contributed by atoms with E-state index >= 15 is 0 Å². The summed E-state index contributed by atoms with van der Waals surface area (Å²) >= 11 is 0. The number of nitrogens with one attached hydrogen (secondary N) is 2. The fourth-order valence-corrected chi connectivity index (χ4v) is 3.41. The van der Waals surface area contributed by atoms with Gasteiger partial charge >= 0.3 is 0 Å². The summed E-state index contributed by atoms with van der Waals surface area (Å²) in [4.78, 5) is 20.8. The molecule has 0 bridgehead atoms. The molecule has 146 valence electrons. The number of carbonyl (C=O) groups is 1. The van der Waals surface area contributed by atoms with Crippen molar-refractivity contribution in [3.63, 3.8) is 0 Å². The first-order valence-corrected chi connectivity index (χ1v) is 9.19. The van der Waals surface area contributed by atoms with Crippen LogP contribution in [-0.4, -0.2) is 36.6 Å². The van der Waals surface area contributed by atoms with Crippen molar-refractivity contribution in [2.75, 3.05) is 20.8 Å². The van der Waals surface area contributed by atoms with Crippen molar-refractivity contribution in [1.29, 1.82) is 0 Å². The highest BCUT2D eigenvalue weighted by atomic mass is 16.5. The highest BCUT2D eigenvalue weighted by Crippen LogP contribution is 2.38. The molecule has 0 spiro atoms. The van der Waals surface area contributed by atoms with Crippen molar-refractivity contribution in [3.8, 4) is 22.8 Å². The Morgan fingerprint density at radius 1 is 1.14 bits per heavy atom. The quantitative estimate of drug-likeness (QED) is 0.483. The molecular weight excluding hydrogens is 366 g/mol.